The van der Waals surface area contributed by atoms with Gasteiger partial charge in [-0.2, -0.15) is 0 Å². The molecule has 0 saturated heterocycles. The van der Waals surface area contributed by atoms with Crippen LogP contribution in [0.25, 0.3) is 0 Å². The molecule has 1 spiro atoms. The first-order valence-electron chi connectivity index (χ1n) is 8.56. The van der Waals surface area contributed by atoms with Gasteiger partial charge >= 0.3 is 0 Å². The number of rotatable bonds is 2. The molecule has 1 fully saturated rings. The highest BCUT2D eigenvalue weighted by molar-refractivity contribution is 5.59. The van der Waals surface area contributed by atoms with Crippen LogP contribution in [0.4, 0.5) is 0 Å². The maximum Gasteiger partial charge on any atom is 0.214 e. The lowest BCUT2D eigenvalue weighted by molar-refractivity contribution is -0.116. The summed E-state index contributed by atoms with van der Waals surface area (Å²) < 4.78 is 0. The summed E-state index contributed by atoms with van der Waals surface area (Å²) in [6.45, 7) is 2.93. The van der Waals surface area contributed by atoms with Crippen LogP contribution in [-0.4, -0.2) is 23.0 Å². The minimum atomic E-state index is 0.226. The summed E-state index contributed by atoms with van der Waals surface area (Å²) in [6.07, 6.45) is 11.4. The summed E-state index contributed by atoms with van der Waals surface area (Å²) >= 11 is 0. The number of allylic oxidation sites excluding steroid dienone is 2. The van der Waals surface area contributed by atoms with Crippen LogP contribution >= 0.6 is 0 Å². The highest BCUT2D eigenvalue weighted by Gasteiger charge is 2.46. The van der Waals surface area contributed by atoms with Gasteiger partial charge in [-0.3, -0.25) is 4.79 Å². The first-order chi connectivity index (χ1) is 11.1. The van der Waals surface area contributed by atoms with E-state index >= 15 is 0 Å². The number of nitrogens with zero attached hydrogens (tertiary/aromatic N) is 1. The van der Waals surface area contributed by atoms with Gasteiger partial charge in [0.15, 0.2) is 0 Å². The van der Waals surface area contributed by atoms with E-state index < -0.39 is 0 Å². The third-order valence-corrected chi connectivity index (χ3v) is 5.98. The van der Waals surface area contributed by atoms with Crippen LogP contribution < -0.4 is 0 Å². The SMILES string of the molecule is Cc1cc(O)ccc1C1C=CC2=C(C1)C1(CCCC1)CN2C=O. The molecule has 1 atom stereocenters. The van der Waals surface area contributed by atoms with E-state index in [0.29, 0.717) is 11.7 Å². The van der Waals surface area contributed by atoms with E-state index in [1.54, 1.807) is 6.07 Å². The van der Waals surface area contributed by atoms with Crippen LogP contribution in [-0.2, 0) is 4.79 Å². The third kappa shape index (κ3) is 2.21. The third-order valence-electron chi connectivity index (χ3n) is 5.98. The van der Waals surface area contributed by atoms with Crippen molar-refractivity contribution in [1.29, 1.82) is 0 Å². The average molecular weight is 309 g/mol. The van der Waals surface area contributed by atoms with Crippen molar-refractivity contribution in [3.05, 3.63) is 52.7 Å². The van der Waals surface area contributed by atoms with E-state index in [0.717, 1.165) is 30.6 Å². The molecule has 23 heavy (non-hydrogen) atoms. The molecule has 1 saturated carbocycles. The fourth-order valence-electron chi connectivity index (χ4n) is 4.86. The van der Waals surface area contributed by atoms with Crippen LogP contribution in [0.5, 0.6) is 5.75 Å². The Labute approximate surface area is 137 Å². The van der Waals surface area contributed by atoms with Gasteiger partial charge < -0.3 is 10.0 Å². The van der Waals surface area contributed by atoms with Gasteiger partial charge in [0, 0.05) is 23.6 Å². The first-order valence-corrected chi connectivity index (χ1v) is 8.56. The van der Waals surface area contributed by atoms with Crippen molar-refractivity contribution in [3.63, 3.8) is 0 Å². The molecule has 2 aliphatic carbocycles. The molecular weight excluding hydrogens is 286 g/mol. The fraction of sp³-hybridized carbons (Fsp3) is 0.450. The molecule has 4 rings (SSSR count). The van der Waals surface area contributed by atoms with Crippen LogP contribution in [0, 0.1) is 12.3 Å². The number of fused-ring (bicyclic) bond motifs is 1. The van der Waals surface area contributed by atoms with E-state index in [-0.39, 0.29) is 5.41 Å². The highest BCUT2D eigenvalue weighted by Crippen LogP contribution is 2.54. The molecule has 1 heterocycles. The molecule has 1 aromatic rings. The Hall–Kier alpha value is -2.03. The standard InChI is InChI=1S/C20H23NO2/c1-14-10-16(23)5-6-17(14)15-4-7-19-18(11-15)20(8-2-3-9-20)12-21(19)13-22/h4-7,10,13,15,23H,2-3,8-9,11-12H2,1H3. The number of aromatic hydroxyl groups is 1. The molecule has 1 aromatic carbocycles. The molecule has 0 radical (unpaired) electrons. The maximum atomic E-state index is 11.5. The summed E-state index contributed by atoms with van der Waals surface area (Å²) in [5, 5.41) is 9.65. The number of aryl methyl sites for hydroxylation is 1. The molecule has 3 aliphatic rings. The van der Waals surface area contributed by atoms with Crippen LogP contribution in [0.3, 0.4) is 0 Å². The maximum absolute atomic E-state index is 11.5. The molecule has 3 heteroatoms. The average Bonchev–Trinajstić information content (AvgIpc) is 3.13. The van der Waals surface area contributed by atoms with Crippen molar-refractivity contribution in [2.75, 3.05) is 6.54 Å². The molecule has 1 aliphatic heterocycles. The highest BCUT2D eigenvalue weighted by atomic mass is 16.3. The van der Waals surface area contributed by atoms with Crippen molar-refractivity contribution in [1.82, 2.24) is 4.90 Å². The van der Waals surface area contributed by atoms with Crippen molar-refractivity contribution in [2.24, 2.45) is 5.41 Å². The Kier molecular flexibility index (Phi) is 3.33. The second kappa shape index (κ2) is 5.26. The van der Waals surface area contributed by atoms with E-state index in [4.69, 9.17) is 0 Å². The van der Waals surface area contributed by atoms with Gasteiger partial charge in [-0.25, -0.2) is 0 Å². The molecule has 120 valence electrons. The zero-order valence-electron chi connectivity index (χ0n) is 13.6. The minimum absolute atomic E-state index is 0.226. The van der Waals surface area contributed by atoms with Crippen molar-refractivity contribution >= 4 is 6.41 Å². The van der Waals surface area contributed by atoms with E-state index in [9.17, 15) is 9.90 Å². The van der Waals surface area contributed by atoms with Crippen LogP contribution in [0.1, 0.15) is 49.1 Å². The predicted octanol–water partition coefficient (Wildman–Crippen LogP) is 4.03. The molecule has 1 unspecified atom stereocenters. The number of phenolic OH excluding ortho intramolecular Hbond substituents is 1. The lowest BCUT2D eigenvalue weighted by Crippen LogP contribution is -2.27. The number of hydrogen-bond acceptors (Lipinski definition) is 2. The summed E-state index contributed by atoms with van der Waals surface area (Å²) in [5.74, 6) is 0.671. The topological polar surface area (TPSA) is 40.5 Å². The van der Waals surface area contributed by atoms with Gasteiger partial charge in [-0.1, -0.05) is 25.0 Å². The number of carbonyl (C=O) groups is 1. The van der Waals surface area contributed by atoms with Gasteiger partial charge in [0.1, 0.15) is 5.75 Å². The summed E-state index contributed by atoms with van der Waals surface area (Å²) in [6, 6.07) is 5.65. The van der Waals surface area contributed by atoms with Gasteiger partial charge in [0.2, 0.25) is 6.41 Å². The Morgan fingerprint density at radius 1 is 1.30 bits per heavy atom. The number of benzene rings is 1. The van der Waals surface area contributed by atoms with Crippen LogP contribution in [0.2, 0.25) is 0 Å². The summed E-state index contributed by atoms with van der Waals surface area (Å²) in [5.41, 5.74) is 5.28. The van der Waals surface area contributed by atoms with Gasteiger partial charge in [-0.05, 0) is 61.1 Å². The number of carbonyl (C=O) groups excluding carboxylic acids is 1. The lowest BCUT2D eigenvalue weighted by atomic mass is 9.73. The van der Waals surface area contributed by atoms with Crippen molar-refractivity contribution in [3.8, 4) is 5.75 Å². The molecule has 0 bridgehead atoms. The summed E-state index contributed by atoms with van der Waals surface area (Å²) in [4.78, 5) is 13.4. The Balaban J connectivity index is 1.70. The van der Waals surface area contributed by atoms with E-state index in [2.05, 4.69) is 19.1 Å². The quantitative estimate of drug-likeness (QED) is 0.838. The number of amides is 1. The zero-order chi connectivity index (χ0) is 16.0. The second-order valence-electron chi connectivity index (χ2n) is 7.30. The van der Waals surface area contributed by atoms with Crippen molar-refractivity contribution in [2.45, 2.75) is 44.9 Å². The van der Waals surface area contributed by atoms with Gasteiger partial charge in [-0.15, -0.1) is 0 Å². The Morgan fingerprint density at radius 2 is 2.09 bits per heavy atom. The Bertz CT molecular complexity index is 710. The first kappa shape index (κ1) is 14.6. The van der Waals surface area contributed by atoms with Gasteiger partial charge in [0.05, 0.1) is 0 Å². The lowest BCUT2D eigenvalue weighted by Gasteiger charge is -2.30. The molecule has 1 N–H and O–H groups in total. The molecular formula is C20H23NO2. The fourth-order valence-corrected chi connectivity index (χ4v) is 4.86. The molecule has 1 amide bonds. The minimum Gasteiger partial charge on any atom is -0.508 e. The van der Waals surface area contributed by atoms with Crippen molar-refractivity contribution < 1.29 is 9.90 Å². The number of hydrogen-bond donors (Lipinski definition) is 1. The predicted molar refractivity (Wildman–Crippen MR) is 90.0 cm³/mol. The molecule has 0 aromatic heterocycles. The number of phenols is 1. The van der Waals surface area contributed by atoms with E-state index in [1.807, 2.05) is 17.0 Å². The molecule has 3 nitrogen and oxygen atoms in total. The summed E-state index contributed by atoms with van der Waals surface area (Å²) in [7, 11) is 0. The normalized spacial score (nSPS) is 25.3. The largest absolute Gasteiger partial charge is 0.508 e. The zero-order valence-corrected chi connectivity index (χ0v) is 13.6. The van der Waals surface area contributed by atoms with Crippen LogP contribution in [0.15, 0.2) is 41.6 Å². The van der Waals surface area contributed by atoms with E-state index in [1.165, 1.54) is 36.8 Å². The second-order valence-corrected chi connectivity index (χ2v) is 7.30. The smallest absolute Gasteiger partial charge is 0.214 e. The Morgan fingerprint density at radius 3 is 2.78 bits per heavy atom. The monoisotopic (exact) mass is 309 g/mol. The van der Waals surface area contributed by atoms with Gasteiger partial charge in [0.25, 0.3) is 0 Å².